The van der Waals surface area contributed by atoms with Gasteiger partial charge in [0.15, 0.2) is 0 Å². The van der Waals surface area contributed by atoms with Crippen molar-refractivity contribution in [2.45, 2.75) is 52.0 Å². The minimum absolute atomic E-state index is 0.225. The third-order valence-electron chi connectivity index (χ3n) is 3.56. The predicted octanol–water partition coefficient (Wildman–Crippen LogP) is 2.02. The van der Waals surface area contributed by atoms with Gasteiger partial charge in [-0.05, 0) is 12.3 Å². The molecule has 0 aliphatic carbocycles. The van der Waals surface area contributed by atoms with Gasteiger partial charge >= 0.3 is 0 Å². The Hall–Kier alpha value is -0.570. The number of carbonyl (C=O) groups is 1. The second-order valence-electron chi connectivity index (χ2n) is 5.09. The van der Waals surface area contributed by atoms with Crippen molar-refractivity contribution < 1.29 is 4.79 Å². The molecule has 0 spiro atoms. The van der Waals surface area contributed by atoms with Crippen LogP contribution in [0.1, 0.15) is 46.0 Å². The van der Waals surface area contributed by atoms with Gasteiger partial charge < -0.3 is 10.2 Å². The minimum atomic E-state index is 0.225. The van der Waals surface area contributed by atoms with Gasteiger partial charge in [-0.25, -0.2) is 0 Å². The highest BCUT2D eigenvalue weighted by Gasteiger charge is 2.24. The van der Waals surface area contributed by atoms with Crippen LogP contribution in [0.25, 0.3) is 0 Å². The van der Waals surface area contributed by atoms with Crippen LogP contribution >= 0.6 is 0 Å². The van der Waals surface area contributed by atoms with Gasteiger partial charge in [-0.2, -0.15) is 0 Å². The first-order chi connectivity index (χ1) is 7.65. The second kappa shape index (κ2) is 6.89. The van der Waals surface area contributed by atoms with Crippen LogP contribution in [0.15, 0.2) is 0 Å². The monoisotopic (exact) mass is 226 g/mol. The highest BCUT2D eigenvalue weighted by Crippen LogP contribution is 2.15. The van der Waals surface area contributed by atoms with Crippen LogP contribution in [0.4, 0.5) is 0 Å². The zero-order valence-corrected chi connectivity index (χ0v) is 11.0. The Kier molecular flexibility index (Phi) is 5.81. The van der Waals surface area contributed by atoms with Crippen molar-refractivity contribution in [3.63, 3.8) is 0 Å². The largest absolute Gasteiger partial charge is 0.344 e. The molecule has 0 aromatic rings. The van der Waals surface area contributed by atoms with E-state index in [1.54, 1.807) is 0 Å². The van der Waals surface area contributed by atoms with Crippen LogP contribution in [-0.2, 0) is 4.79 Å². The lowest BCUT2D eigenvalue weighted by atomic mass is 9.96. The third-order valence-corrected chi connectivity index (χ3v) is 3.56. The van der Waals surface area contributed by atoms with Gasteiger partial charge in [-0.15, -0.1) is 0 Å². The SMILES string of the molecule is CCCCCCC1NCC(=O)N(C)CC1C. The van der Waals surface area contributed by atoms with E-state index in [0.29, 0.717) is 18.5 Å². The number of carbonyl (C=O) groups excluding carboxylic acids is 1. The van der Waals surface area contributed by atoms with Crippen LogP contribution < -0.4 is 5.32 Å². The summed E-state index contributed by atoms with van der Waals surface area (Å²) in [6.45, 7) is 5.89. The van der Waals surface area contributed by atoms with Crippen LogP contribution in [-0.4, -0.2) is 37.0 Å². The highest BCUT2D eigenvalue weighted by molar-refractivity contribution is 5.78. The lowest BCUT2D eigenvalue weighted by Crippen LogP contribution is -2.35. The second-order valence-corrected chi connectivity index (χ2v) is 5.09. The Morgan fingerprint density at radius 1 is 1.38 bits per heavy atom. The molecule has 0 bridgehead atoms. The molecule has 0 aromatic carbocycles. The maximum Gasteiger partial charge on any atom is 0.236 e. The molecule has 1 amide bonds. The zero-order chi connectivity index (χ0) is 12.0. The molecule has 2 atom stereocenters. The molecule has 1 N–H and O–H groups in total. The standard InChI is InChI=1S/C13H26N2O/c1-4-5-6-7-8-12-11(2)10-15(3)13(16)9-14-12/h11-12,14H,4-10H2,1-3H3. The molecular weight excluding hydrogens is 200 g/mol. The lowest BCUT2D eigenvalue weighted by Gasteiger charge is -2.23. The number of nitrogens with zero attached hydrogens (tertiary/aromatic N) is 1. The number of likely N-dealkylation sites (N-methyl/N-ethyl adjacent to an activating group) is 1. The molecule has 3 heteroatoms. The molecule has 2 unspecified atom stereocenters. The molecule has 1 aliphatic rings. The summed E-state index contributed by atoms with van der Waals surface area (Å²) in [7, 11) is 1.90. The Morgan fingerprint density at radius 2 is 2.12 bits per heavy atom. The number of rotatable bonds is 5. The molecule has 1 saturated heterocycles. The third kappa shape index (κ3) is 4.12. The topological polar surface area (TPSA) is 32.3 Å². The first-order valence-corrected chi connectivity index (χ1v) is 6.62. The average molecular weight is 226 g/mol. The maximum atomic E-state index is 11.5. The van der Waals surface area contributed by atoms with E-state index in [2.05, 4.69) is 19.2 Å². The first kappa shape index (κ1) is 13.5. The summed E-state index contributed by atoms with van der Waals surface area (Å²) in [4.78, 5) is 13.4. The fourth-order valence-corrected chi connectivity index (χ4v) is 2.39. The minimum Gasteiger partial charge on any atom is -0.344 e. The number of nitrogens with one attached hydrogen (secondary N) is 1. The molecule has 1 rings (SSSR count). The maximum absolute atomic E-state index is 11.5. The summed E-state index contributed by atoms with van der Waals surface area (Å²) in [6, 6.07) is 0.519. The molecule has 1 aliphatic heterocycles. The van der Waals surface area contributed by atoms with Crippen molar-refractivity contribution >= 4 is 5.91 Å². The van der Waals surface area contributed by atoms with Crippen molar-refractivity contribution in [3.8, 4) is 0 Å². The quantitative estimate of drug-likeness (QED) is 0.727. The Bertz CT molecular complexity index is 218. The first-order valence-electron chi connectivity index (χ1n) is 6.62. The van der Waals surface area contributed by atoms with Crippen LogP contribution in [0.5, 0.6) is 0 Å². The van der Waals surface area contributed by atoms with Crippen molar-refractivity contribution in [3.05, 3.63) is 0 Å². The van der Waals surface area contributed by atoms with Gasteiger partial charge in [-0.3, -0.25) is 4.79 Å². The van der Waals surface area contributed by atoms with Gasteiger partial charge in [0.25, 0.3) is 0 Å². The molecule has 1 fully saturated rings. The molecule has 0 aromatic heterocycles. The van der Waals surface area contributed by atoms with Crippen LogP contribution in [0.2, 0.25) is 0 Å². The Labute approximate surface area is 99.6 Å². The van der Waals surface area contributed by atoms with E-state index >= 15 is 0 Å². The number of amides is 1. The van der Waals surface area contributed by atoms with Crippen LogP contribution in [0, 0.1) is 5.92 Å². The van der Waals surface area contributed by atoms with Gasteiger partial charge in [0.2, 0.25) is 5.91 Å². The summed E-state index contributed by atoms with van der Waals surface area (Å²) >= 11 is 0. The fraction of sp³-hybridized carbons (Fsp3) is 0.923. The van der Waals surface area contributed by atoms with Gasteiger partial charge in [0, 0.05) is 19.6 Å². The van der Waals surface area contributed by atoms with Crippen molar-refractivity contribution in [2.75, 3.05) is 20.1 Å². The summed E-state index contributed by atoms with van der Waals surface area (Å²) < 4.78 is 0. The molecule has 1 heterocycles. The van der Waals surface area contributed by atoms with Crippen LogP contribution in [0.3, 0.4) is 0 Å². The van der Waals surface area contributed by atoms with Crippen molar-refractivity contribution in [2.24, 2.45) is 5.92 Å². The fourth-order valence-electron chi connectivity index (χ4n) is 2.39. The normalized spacial score (nSPS) is 26.9. The molecule has 16 heavy (non-hydrogen) atoms. The lowest BCUT2D eigenvalue weighted by molar-refractivity contribution is -0.128. The number of unbranched alkanes of at least 4 members (excludes halogenated alkanes) is 3. The molecule has 0 saturated carbocycles. The average Bonchev–Trinajstić information content (AvgIpc) is 2.37. The summed E-state index contributed by atoms with van der Waals surface area (Å²) in [6.07, 6.45) is 6.44. The number of hydrogen-bond acceptors (Lipinski definition) is 2. The molecular formula is C13H26N2O. The van der Waals surface area contributed by atoms with E-state index < -0.39 is 0 Å². The Balaban J connectivity index is 2.32. The van der Waals surface area contributed by atoms with Crippen molar-refractivity contribution in [1.29, 1.82) is 0 Å². The summed E-state index contributed by atoms with van der Waals surface area (Å²) in [5.41, 5.74) is 0. The zero-order valence-electron chi connectivity index (χ0n) is 11.0. The summed E-state index contributed by atoms with van der Waals surface area (Å²) in [5, 5.41) is 3.40. The van der Waals surface area contributed by atoms with Gasteiger partial charge in [0.05, 0.1) is 6.54 Å². The highest BCUT2D eigenvalue weighted by atomic mass is 16.2. The van der Waals surface area contributed by atoms with E-state index in [9.17, 15) is 4.79 Å². The van der Waals surface area contributed by atoms with E-state index in [1.165, 1.54) is 32.1 Å². The molecule has 0 radical (unpaired) electrons. The van der Waals surface area contributed by atoms with Crippen molar-refractivity contribution in [1.82, 2.24) is 10.2 Å². The summed E-state index contributed by atoms with van der Waals surface area (Å²) in [5.74, 6) is 0.793. The van der Waals surface area contributed by atoms with E-state index in [1.807, 2.05) is 11.9 Å². The Morgan fingerprint density at radius 3 is 2.81 bits per heavy atom. The van der Waals surface area contributed by atoms with E-state index in [-0.39, 0.29) is 5.91 Å². The molecule has 3 nitrogen and oxygen atoms in total. The van der Waals surface area contributed by atoms with Gasteiger partial charge in [-0.1, -0.05) is 39.5 Å². The number of hydrogen-bond donors (Lipinski definition) is 1. The smallest absolute Gasteiger partial charge is 0.236 e. The van der Waals surface area contributed by atoms with E-state index in [4.69, 9.17) is 0 Å². The molecule has 94 valence electrons. The van der Waals surface area contributed by atoms with Gasteiger partial charge in [0.1, 0.15) is 0 Å². The predicted molar refractivity (Wildman–Crippen MR) is 67.4 cm³/mol. The van der Waals surface area contributed by atoms with E-state index in [0.717, 1.165) is 6.54 Å².